The van der Waals surface area contributed by atoms with Gasteiger partial charge in [0.15, 0.2) is 0 Å². The molecule has 1 aromatic heterocycles. The third-order valence-corrected chi connectivity index (χ3v) is 2.66. The number of aliphatic carboxylic acids is 1. The molecule has 1 aliphatic rings. The second kappa shape index (κ2) is 4.57. The van der Waals surface area contributed by atoms with Crippen LogP contribution in [-0.2, 0) is 11.3 Å². The van der Waals surface area contributed by atoms with Gasteiger partial charge in [-0.3, -0.25) is 14.7 Å². The predicted molar refractivity (Wildman–Crippen MR) is 55.2 cm³/mol. The highest BCUT2D eigenvalue weighted by Gasteiger charge is 2.28. The van der Waals surface area contributed by atoms with Gasteiger partial charge in [0.2, 0.25) is 0 Å². The van der Waals surface area contributed by atoms with E-state index in [-0.39, 0.29) is 18.2 Å². The van der Waals surface area contributed by atoms with Crippen molar-refractivity contribution in [2.45, 2.75) is 13.0 Å². The van der Waals surface area contributed by atoms with E-state index in [0.717, 1.165) is 18.7 Å². The maximum atomic E-state index is 12.8. The maximum Gasteiger partial charge on any atom is 0.303 e. The molecule has 1 N–H and O–H groups in total. The molecule has 1 fully saturated rings. The molecule has 0 radical (unpaired) electrons. The molecule has 0 bridgehead atoms. The lowest BCUT2D eigenvalue weighted by molar-refractivity contribution is -0.139. The summed E-state index contributed by atoms with van der Waals surface area (Å²) in [5.41, 5.74) is 0.828. The molecule has 1 aliphatic heterocycles. The van der Waals surface area contributed by atoms with Gasteiger partial charge in [-0.25, -0.2) is 4.39 Å². The van der Waals surface area contributed by atoms with Gasteiger partial charge in [-0.1, -0.05) is 0 Å². The smallest absolute Gasteiger partial charge is 0.303 e. The normalized spacial score (nSPS) is 17.1. The van der Waals surface area contributed by atoms with Crippen LogP contribution in [0.1, 0.15) is 12.0 Å². The van der Waals surface area contributed by atoms with Crippen molar-refractivity contribution >= 4 is 5.97 Å². The minimum Gasteiger partial charge on any atom is -0.481 e. The number of carboxylic acid groups (broad SMARTS) is 1. The minimum absolute atomic E-state index is 0.220. The summed E-state index contributed by atoms with van der Waals surface area (Å²) in [4.78, 5) is 16.3. The number of carboxylic acids is 1. The molecule has 0 spiro atoms. The number of rotatable bonds is 4. The molecule has 5 heteroatoms. The predicted octanol–water partition coefficient (Wildman–Crippen LogP) is 1.13. The van der Waals surface area contributed by atoms with Crippen LogP contribution in [0.2, 0.25) is 0 Å². The molecule has 16 heavy (non-hydrogen) atoms. The third kappa shape index (κ3) is 2.76. The molecule has 0 saturated carbocycles. The van der Waals surface area contributed by atoms with Gasteiger partial charge >= 0.3 is 5.97 Å². The summed E-state index contributed by atoms with van der Waals surface area (Å²) >= 11 is 0. The highest BCUT2D eigenvalue weighted by molar-refractivity contribution is 5.67. The summed E-state index contributed by atoms with van der Waals surface area (Å²) < 4.78 is 12.8. The van der Waals surface area contributed by atoms with Crippen LogP contribution >= 0.6 is 0 Å². The van der Waals surface area contributed by atoms with Crippen molar-refractivity contribution in [3.63, 3.8) is 0 Å². The van der Waals surface area contributed by atoms with Crippen LogP contribution in [0, 0.1) is 11.7 Å². The van der Waals surface area contributed by atoms with Crippen molar-refractivity contribution in [2.75, 3.05) is 13.1 Å². The monoisotopic (exact) mass is 224 g/mol. The van der Waals surface area contributed by atoms with E-state index in [4.69, 9.17) is 5.11 Å². The average Bonchev–Trinajstić information content (AvgIpc) is 2.14. The molecule has 0 unspecified atom stereocenters. The fraction of sp³-hybridized carbons (Fsp3) is 0.455. The first kappa shape index (κ1) is 11.0. The van der Waals surface area contributed by atoms with Crippen LogP contribution in [0.3, 0.4) is 0 Å². The van der Waals surface area contributed by atoms with Crippen LogP contribution in [0.25, 0.3) is 0 Å². The summed E-state index contributed by atoms with van der Waals surface area (Å²) in [5, 5.41) is 8.58. The van der Waals surface area contributed by atoms with Crippen molar-refractivity contribution in [3.8, 4) is 0 Å². The van der Waals surface area contributed by atoms with Gasteiger partial charge in [0.1, 0.15) is 5.82 Å². The van der Waals surface area contributed by atoms with Crippen LogP contribution in [0.5, 0.6) is 0 Å². The Hall–Kier alpha value is -1.49. The first-order chi connectivity index (χ1) is 7.63. The average molecular weight is 224 g/mol. The summed E-state index contributed by atoms with van der Waals surface area (Å²) in [6.07, 6.45) is 3.03. The van der Waals surface area contributed by atoms with E-state index in [9.17, 15) is 9.18 Å². The number of likely N-dealkylation sites (tertiary alicyclic amines) is 1. The largest absolute Gasteiger partial charge is 0.481 e. The van der Waals surface area contributed by atoms with E-state index in [1.165, 1.54) is 12.3 Å². The van der Waals surface area contributed by atoms with Crippen LogP contribution in [0.4, 0.5) is 4.39 Å². The number of hydrogen-bond acceptors (Lipinski definition) is 3. The molecule has 0 atom stereocenters. The summed E-state index contributed by atoms with van der Waals surface area (Å²) in [7, 11) is 0. The van der Waals surface area contributed by atoms with Crippen molar-refractivity contribution < 1.29 is 14.3 Å². The van der Waals surface area contributed by atoms with E-state index in [1.54, 1.807) is 6.20 Å². The van der Waals surface area contributed by atoms with Crippen molar-refractivity contribution in [1.82, 2.24) is 9.88 Å². The quantitative estimate of drug-likeness (QED) is 0.832. The van der Waals surface area contributed by atoms with Gasteiger partial charge in [-0.2, -0.15) is 0 Å². The first-order valence-electron chi connectivity index (χ1n) is 5.17. The van der Waals surface area contributed by atoms with Gasteiger partial charge in [-0.05, 0) is 17.5 Å². The molecule has 0 aromatic carbocycles. The zero-order valence-electron chi connectivity index (χ0n) is 8.77. The minimum atomic E-state index is -0.753. The summed E-state index contributed by atoms with van der Waals surface area (Å²) in [6.45, 7) is 2.17. The standard InChI is InChI=1S/C11H13FN2O2/c12-10-1-8(3-13-4-10)5-14-6-9(7-14)2-11(15)16/h1,3-4,9H,2,5-7H2,(H,15,16). The zero-order chi connectivity index (χ0) is 11.5. The Kier molecular flexibility index (Phi) is 3.14. The van der Waals surface area contributed by atoms with Gasteiger partial charge in [0.05, 0.1) is 12.6 Å². The van der Waals surface area contributed by atoms with E-state index in [0.29, 0.717) is 6.54 Å². The molecule has 0 amide bonds. The zero-order valence-corrected chi connectivity index (χ0v) is 8.77. The van der Waals surface area contributed by atoms with Crippen molar-refractivity contribution in [2.24, 2.45) is 5.92 Å². The van der Waals surface area contributed by atoms with Crippen molar-refractivity contribution in [1.29, 1.82) is 0 Å². The lowest BCUT2D eigenvalue weighted by Gasteiger charge is -2.38. The SMILES string of the molecule is O=C(O)CC1CN(Cc2cncc(F)c2)C1. The van der Waals surface area contributed by atoms with E-state index in [1.807, 2.05) is 0 Å². The number of nitrogens with zero attached hydrogens (tertiary/aromatic N) is 2. The number of hydrogen-bond donors (Lipinski definition) is 1. The van der Waals surface area contributed by atoms with E-state index >= 15 is 0 Å². The number of aromatic nitrogens is 1. The number of pyridine rings is 1. The van der Waals surface area contributed by atoms with E-state index in [2.05, 4.69) is 9.88 Å². The molecule has 86 valence electrons. The summed E-state index contributed by atoms with van der Waals surface area (Å²) in [5.74, 6) is -0.851. The Morgan fingerprint density at radius 3 is 2.94 bits per heavy atom. The second-order valence-electron chi connectivity index (χ2n) is 4.17. The van der Waals surface area contributed by atoms with E-state index < -0.39 is 5.97 Å². The lowest BCUT2D eigenvalue weighted by Crippen LogP contribution is -2.46. The first-order valence-corrected chi connectivity index (χ1v) is 5.17. The Labute approximate surface area is 92.7 Å². The maximum absolute atomic E-state index is 12.8. The topological polar surface area (TPSA) is 53.4 Å². The summed E-state index contributed by atoms with van der Waals surface area (Å²) in [6, 6.07) is 1.46. The second-order valence-corrected chi connectivity index (χ2v) is 4.17. The van der Waals surface area contributed by atoms with Gasteiger partial charge in [-0.15, -0.1) is 0 Å². The Balaban J connectivity index is 1.79. The number of carbonyl (C=O) groups is 1. The molecular weight excluding hydrogens is 211 g/mol. The Morgan fingerprint density at radius 2 is 2.31 bits per heavy atom. The highest BCUT2D eigenvalue weighted by atomic mass is 19.1. The lowest BCUT2D eigenvalue weighted by atomic mass is 9.96. The Morgan fingerprint density at radius 1 is 1.56 bits per heavy atom. The van der Waals surface area contributed by atoms with Gasteiger partial charge in [0, 0.05) is 25.8 Å². The molecule has 1 saturated heterocycles. The molecule has 2 heterocycles. The van der Waals surface area contributed by atoms with Crippen molar-refractivity contribution in [3.05, 3.63) is 29.8 Å². The molecule has 4 nitrogen and oxygen atoms in total. The molecular formula is C11H13FN2O2. The molecule has 0 aliphatic carbocycles. The van der Waals surface area contributed by atoms with Crippen LogP contribution < -0.4 is 0 Å². The fourth-order valence-corrected chi connectivity index (χ4v) is 1.98. The number of halogens is 1. The fourth-order valence-electron chi connectivity index (χ4n) is 1.98. The van der Waals surface area contributed by atoms with Gasteiger partial charge in [0.25, 0.3) is 0 Å². The van der Waals surface area contributed by atoms with Crippen LogP contribution in [0.15, 0.2) is 18.5 Å². The molecule has 2 rings (SSSR count). The third-order valence-electron chi connectivity index (χ3n) is 2.66. The van der Waals surface area contributed by atoms with Gasteiger partial charge < -0.3 is 5.11 Å². The Bertz CT molecular complexity index is 391. The van der Waals surface area contributed by atoms with Crippen LogP contribution in [-0.4, -0.2) is 34.0 Å². The highest BCUT2D eigenvalue weighted by Crippen LogP contribution is 2.21. The molecule has 1 aromatic rings.